The molecule has 1 aliphatic heterocycles. The Morgan fingerprint density at radius 1 is 1.56 bits per heavy atom. The molecule has 1 atom stereocenters. The Hall–Kier alpha value is -0.650. The van der Waals surface area contributed by atoms with E-state index in [0.717, 1.165) is 32.5 Å². The fourth-order valence-corrected chi connectivity index (χ4v) is 1.73. The van der Waals surface area contributed by atoms with Gasteiger partial charge in [0.1, 0.15) is 6.79 Å². The molecule has 0 aliphatic carbocycles. The summed E-state index contributed by atoms with van der Waals surface area (Å²) in [7, 11) is 1.41. The van der Waals surface area contributed by atoms with Gasteiger partial charge in [-0.05, 0) is 19.4 Å². The zero-order chi connectivity index (χ0) is 11.8. The van der Waals surface area contributed by atoms with Gasteiger partial charge in [0.15, 0.2) is 0 Å². The second-order valence-electron chi connectivity index (χ2n) is 3.91. The van der Waals surface area contributed by atoms with Crippen molar-refractivity contribution in [1.82, 2.24) is 4.90 Å². The first-order valence-corrected chi connectivity index (χ1v) is 5.74. The van der Waals surface area contributed by atoms with Gasteiger partial charge < -0.3 is 14.2 Å². The summed E-state index contributed by atoms with van der Waals surface area (Å²) >= 11 is 0. The molecule has 16 heavy (non-hydrogen) atoms. The quantitative estimate of drug-likeness (QED) is 0.628. The molecule has 0 aromatic heterocycles. The normalized spacial score (nSPS) is 21.1. The molecular weight excluding hydrogens is 210 g/mol. The van der Waals surface area contributed by atoms with Crippen LogP contribution in [0.5, 0.6) is 0 Å². The summed E-state index contributed by atoms with van der Waals surface area (Å²) in [5.41, 5.74) is 0. The van der Waals surface area contributed by atoms with E-state index in [-0.39, 0.29) is 12.1 Å². The average molecular weight is 231 g/mol. The highest BCUT2D eigenvalue weighted by molar-refractivity contribution is 5.71. The number of hydrogen-bond acceptors (Lipinski definition) is 5. The highest BCUT2D eigenvalue weighted by atomic mass is 16.7. The van der Waals surface area contributed by atoms with Gasteiger partial charge in [-0.3, -0.25) is 9.69 Å². The van der Waals surface area contributed by atoms with Crippen molar-refractivity contribution in [3.8, 4) is 0 Å². The van der Waals surface area contributed by atoms with Crippen LogP contribution in [0, 0.1) is 0 Å². The number of methoxy groups -OCH3 is 1. The maximum atomic E-state index is 11.2. The Bertz CT molecular complexity index is 204. The maximum Gasteiger partial charge on any atom is 0.319 e. The highest BCUT2D eigenvalue weighted by Gasteiger charge is 2.19. The zero-order valence-electron chi connectivity index (χ0n) is 10.1. The highest BCUT2D eigenvalue weighted by Crippen LogP contribution is 2.08. The first-order chi connectivity index (χ1) is 7.76. The molecule has 0 aromatic carbocycles. The Labute approximate surface area is 96.6 Å². The minimum atomic E-state index is -0.194. The van der Waals surface area contributed by atoms with Gasteiger partial charge in [-0.25, -0.2) is 0 Å². The van der Waals surface area contributed by atoms with Gasteiger partial charge in [-0.1, -0.05) is 6.92 Å². The van der Waals surface area contributed by atoms with Crippen molar-refractivity contribution in [2.45, 2.75) is 25.9 Å². The topological polar surface area (TPSA) is 48.0 Å². The number of nitrogens with zero attached hydrogens (tertiary/aromatic N) is 1. The molecule has 0 radical (unpaired) electrons. The number of carbonyl (C=O) groups excluding carboxylic acids is 1. The van der Waals surface area contributed by atoms with Gasteiger partial charge in [0, 0.05) is 6.54 Å². The predicted molar refractivity (Wildman–Crippen MR) is 59.1 cm³/mol. The third-order valence-corrected chi connectivity index (χ3v) is 2.55. The smallest absolute Gasteiger partial charge is 0.319 e. The van der Waals surface area contributed by atoms with E-state index >= 15 is 0 Å². The summed E-state index contributed by atoms with van der Waals surface area (Å²) in [6, 6.07) is 0. The lowest BCUT2D eigenvalue weighted by atomic mass is 10.2. The summed E-state index contributed by atoms with van der Waals surface area (Å²) in [5.74, 6) is -0.194. The van der Waals surface area contributed by atoms with Crippen molar-refractivity contribution in [2.24, 2.45) is 0 Å². The van der Waals surface area contributed by atoms with Crippen molar-refractivity contribution in [3.05, 3.63) is 0 Å². The second kappa shape index (κ2) is 7.60. The summed E-state index contributed by atoms with van der Waals surface area (Å²) in [4.78, 5) is 13.3. The van der Waals surface area contributed by atoms with Crippen molar-refractivity contribution in [2.75, 3.05) is 40.1 Å². The Morgan fingerprint density at radius 3 is 2.94 bits per heavy atom. The van der Waals surface area contributed by atoms with Crippen LogP contribution in [0.2, 0.25) is 0 Å². The molecule has 1 heterocycles. The van der Waals surface area contributed by atoms with Crippen molar-refractivity contribution >= 4 is 5.97 Å². The largest absolute Gasteiger partial charge is 0.468 e. The first-order valence-electron chi connectivity index (χ1n) is 5.74. The molecule has 1 rings (SSSR count). The fourth-order valence-electron chi connectivity index (χ4n) is 1.73. The predicted octanol–water partition coefficient (Wildman–Crippen LogP) is 0.634. The molecule has 94 valence electrons. The van der Waals surface area contributed by atoms with E-state index in [1.54, 1.807) is 0 Å². The SMILES string of the molecule is CCCN(CC(=O)OC)CC1CCOCO1. The van der Waals surface area contributed by atoms with E-state index in [1.807, 2.05) is 0 Å². The maximum absolute atomic E-state index is 11.2. The molecule has 5 nitrogen and oxygen atoms in total. The summed E-state index contributed by atoms with van der Waals surface area (Å²) < 4.78 is 15.2. The van der Waals surface area contributed by atoms with Gasteiger partial charge in [-0.15, -0.1) is 0 Å². The minimum Gasteiger partial charge on any atom is -0.468 e. The number of ether oxygens (including phenoxy) is 3. The van der Waals surface area contributed by atoms with Gasteiger partial charge in [0.25, 0.3) is 0 Å². The molecule has 0 spiro atoms. The number of hydrogen-bond donors (Lipinski definition) is 0. The van der Waals surface area contributed by atoms with E-state index < -0.39 is 0 Å². The van der Waals surface area contributed by atoms with Crippen molar-refractivity contribution in [1.29, 1.82) is 0 Å². The van der Waals surface area contributed by atoms with Crippen LogP contribution in [-0.4, -0.2) is 57.1 Å². The van der Waals surface area contributed by atoms with Crippen LogP contribution in [0.3, 0.4) is 0 Å². The molecule has 0 amide bonds. The zero-order valence-corrected chi connectivity index (χ0v) is 10.1. The summed E-state index contributed by atoms with van der Waals surface area (Å²) in [6.07, 6.45) is 2.08. The van der Waals surface area contributed by atoms with E-state index in [9.17, 15) is 4.79 Å². The van der Waals surface area contributed by atoms with Gasteiger partial charge in [0.05, 0.1) is 26.4 Å². The van der Waals surface area contributed by atoms with Crippen LogP contribution in [0.15, 0.2) is 0 Å². The van der Waals surface area contributed by atoms with Crippen LogP contribution in [0.4, 0.5) is 0 Å². The molecular formula is C11H21NO4. The summed E-state index contributed by atoms with van der Waals surface area (Å²) in [5, 5.41) is 0. The molecule has 0 saturated carbocycles. The standard InChI is InChI=1S/C11H21NO4/c1-3-5-12(8-11(13)14-2)7-10-4-6-15-9-16-10/h10H,3-9H2,1-2H3. The molecule has 1 fully saturated rings. The number of rotatable bonds is 6. The van der Waals surface area contributed by atoms with Crippen LogP contribution >= 0.6 is 0 Å². The van der Waals surface area contributed by atoms with Gasteiger partial charge in [0.2, 0.25) is 0 Å². The van der Waals surface area contributed by atoms with Crippen LogP contribution in [0.25, 0.3) is 0 Å². The molecule has 1 aliphatic rings. The van der Waals surface area contributed by atoms with E-state index in [4.69, 9.17) is 9.47 Å². The number of esters is 1. The Morgan fingerprint density at radius 2 is 2.38 bits per heavy atom. The third kappa shape index (κ3) is 4.92. The van der Waals surface area contributed by atoms with Crippen LogP contribution in [0.1, 0.15) is 19.8 Å². The van der Waals surface area contributed by atoms with Crippen LogP contribution < -0.4 is 0 Å². The molecule has 0 N–H and O–H groups in total. The monoisotopic (exact) mass is 231 g/mol. The second-order valence-corrected chi connectivity index (χ2v) is 3.91. The lowest BCUT2D eigenvalue weighted by Gasteiger charge is -2.28. The third-order valence-electron chi connectivity index (χ3n) is 2.55. The molecule has 0 bridgehead atoms. The van der Waals surface area contributed by atoms with E-state index in [1.165, 1.54) is 7.11 Å². The van der Waals surface area contributed by atoms with E-state index in [2.05, 4.69) is 16.6 Å². The fraction of sp³-hybridized carbons (Fsp3) is 0.909. The Balaban J connectivity index is 2.33. The van der Waals surface area contributed by atoms with Gasteiger partial charge in [-0.2, -0.15) is 0 Å². The Kier molecular flexibility index (Phi) is 6.37. The van der Waals surface area contributed by atoms with Crippen molar-refractivity contribution in [3.63, 3.8) is 0 Å². The molecule has 5 heteroatoms. The van der Waals surface area contributed by atoms with Gasteiger partial charge >= 0.3 is 5.97 Å². The van der Waals surface area contributed by atoms with Crippen LogP contribution in [-0.2, 0) is 19.0 Å². The lowest BCUT2D eigenvalue weighted by molar-refractivity contribution is -0.150. The summed E-state index contributed by atoms with van der Waals surface area (Å²) in [6.45, 7) is 5.19. The molecule has 1 saturated heterocycles. The molecule has 0 aromatic rings. The lowest BCUT2D eigenvalue weighted by Crippen LogP contribution is -2.40. The molecule has 1 unspecified atom stereocenters. The number of carbonyl (C=O) groups is 1. The minimum absolute atomic E-state index is 0.171. The van der Waals surface area contributed by atoms with E-state index in [0.29, 0.717) is 13.3 Å². The average Bonchev–Trinajstić information content (AvgIpc) is 2.30. The first kappa shape index (κ1) is 13.4. The van der Waals surface area contributed by atoms with Crippen molar-refractivity contribution < 1.29 is 19.0 Å².